The first-order valence-corrected chi connectivity index (χ1v) is 4.35. The topological polar surface area (TPSA) is 12.2 Å². The molecular weight excluding hydrogens is 162 g/mol. The number of nitrogens with zero attached hydrogens (tertiary/aromatic N) is 1. The number of ether oxygens (including phenoxy) is 1. The van der Waals surface area contributed by atoms with E-state index in [1.165, 1.54) is 0 Å². The molecule has 0 aromatic heterocycles. The number of rotatable bonds is 1. The molecule has 0 spiro atoms. The third-order valence-electron chi connectivity index (χ3n) is 1.91. The van der Waals surface area contributed by atoms with Crippen molar-refractivity contribution in [1.29, 1.82) is 0 Å². The fourth-order valence-electron chi connectivity index (χ4n) is 1.34. The maximum Gasteiger partial charge on any atom is 0.346 e. The van der Waals surface area contributed by atoms with E-state index in [-0.39, 0.29) is 5.92 Å². The lowest BCUT2D eigenvalue weighted by Gasteiger charge is -2.06. The number of hydrogen-bond acceptors (Lipinski definition) is 1. The normalized spacial score (nSPS) is 15.6. The summed E-state index contributed by atoms with van der Waals surface area (Å²) in [4.78, 5) is 0. The first-order chi connectivity index (χ1) is 6.25. The van der Waals surface area contributed by atoms with E-state index in [4.69, 9.17) is 4.74 Å². The van der Waals surface area contributed by atoms with Gasteiger partial charge in [0.15, 0.2) is 0 Å². The molecule has 70 valence electrons. The molecule has 1 aliphatic carbocycles. The molecule has 0 saturated heterocycles. The van der Waals surface area contributed by atoms with E-state index in [1.807, 2.05) is 43.0 Å². The van der Waals surface area contributed by atoms with Crippen LogP contribution in [0.5, 0.6) is 0 Å². The van der Waals surface area contributed by atoms with Crippen molar-refractivity contribution in [3.63, 3.8) is 0 Å². The molecular formula is C11H16NO+. The van der Waals surface area contributed by atoms with E-state index in [0.29, 0.717) is 0 Å². The van der Waals surface area contributed by atoms with Crippen LogP contribution in [0.15, 0.2) is 36.5 Å². The van der Waals surface area contributed by atoms with Gasteiger partial charge < -0.3 is 4.74 Å². The summed E-state index contributed by atoms with van der Waals surface area (Å²) in [5.74, 6) is 1.20. The zero-order chi connectivity index (χ0) is 9.68. The molecule has 0 aromatic carbocycles. The monoisotopic (exact) mass is 178 g/mol. The molecule has 0 fully saturated rings. The van der Waals surface area contributed by atoms with Gasteiger partial charge in [0, 0.05) is 0 Å². The van der Waals surface area contributed by atoms with Crippen LogP contribution in [-0.4, -0.2) is 31.7 Å². The van der Waals surface area contributed by atoms with Gasteiger partial charge in [-0.2, -0.15) is 0 Å². The zero-order valence-corrected chi connectivity index (χ0v) is 8.40. The molecule has 2 heteroatoms. The van der Waals surface area contributed by atoms with Crippen molar-refractivity contribution in [2.24, 2.45) is 5.92 Å². The Morgan fingerprint density at radius 3 is 2.00 bits per heavy atom. The van der Waals surface area contributed by atoms with Crippen molar-refractivity contribution in [3.8, 4) is 0 Å². The first-order valence-electron chi connectivity index (χ1n) is 4.35. The van der Waals surface area contributed by atoms with Crippen molar-refractivity contribution < 1.29 is 9.31 Å². The van der Waals surface area contributed by atoms with Gasteiger partial charge in [-0.3, -0.25) is 0 Å². The van der Waals surface area contributed by atoms with Crippen molar-refractivity contribution in [2.45, 2.75) is 0 Å². The minimum absolute atomic E-state index is 0.245. The van der Waals surface area contributed by atoms with Crippen LogP contribution < -0.4 is 0 Å². The van der Waals surface area contributed by atoms with Gasteiger partial charge >= 0.3 is 5.90 Å². The highest BCUT2D eigenvalue weighted by atomic mass is 16.5. The smallest absolute Gasteiger partial charge is 0.346 e. The molecule has 0 radical (unpaired) electrons. The maximum absolute atomic E-state index is 5.32. The van der Waals surface area contributed by atoms with Crippen LogP contribution in [0.25, 0.3) is 0 Å². The molecule has 1 aliphatic rings. The Morgan fingerprint density at radius 2 is 1.62 bits per heavy atom. The Labute approximate surface area is 79.5 Å². The minimum atomic E-state index is 0.245. The Balaban J connectivity index is 2.88. The summed E-state index contributed by atoms with van der Waals surface area (Å²) in [6.45, 7) is 0. The molecule has 0 N–H and O–H groups in total. The van der Waals surface area contributed by atoms with Crippen LogP contribution in [0.4, 0.5) is 0 Å². The molecule has 2 nitrogen and oxygen atoms in total. The summed E-state index contributed by atoms with van der Waals surface area (Å²) < 4.78 is 7.31. The first kappa shape index (κ1) is 9.78. The van der Waals surface area contributed by atoms with Crippen molar-refractivity contribution in [2.75, 3.05) is 21.2 Å². The minimum Gasteiger partial charge on any atom is -0.451 e. The van der Waals surface area contributed by atoms with Crippen molar-refractivity contribution >= 4 is 5.90 Å². The lowest BCUT2D eigenvalue weighted by molar-refractivity contribution is -0.476. The largest absolute Gasteiger partial charge is 0.451 e. The van der Waals surface area contributed by atoms with E-state index in [2.05, 4.69) is 12.2 Å². The van der Waals surface area contributed by atoms with Crippen LogP contribution in [-0.2, 0) is 4.74 Å². The van der Waals surface area contributed by atoms with E-state index in [9.17, 15) is 0 Å². The van der Waals surface area contributed by atoms with E-state index in [0.717, 1.165) is 5.90 Å². The molecule has 0 atom stereocenters. The average Bonchev–Trinajstić information content (AvgIpc) is 2.33. The summed E-state index contributed by atoms with van der Waals surface area (Å²) >= 11 is 0. The van der Waals surface area contributed by atoms with Gasteiger partial charge in [0.05, 0.1) is 7.11 Å². The molecule has 0 aliphatic heterocycles. The second-order valence-electron chi connectivity index (χ2n) is 3.12. The zero-order valence-electron chi connectivity index (χ0n) is 8.40. The molecule has 0 bridgehead atoms. The highest BCUT2D eigenvalue weighted by molar-refractivity contribution is 5.77. The highest BCUT2D eigenvalue weighted by Crippen LogP contribution is 2.08. The number of methoxy groups -OCH3 is 1. The summed E-state index contributed by atoms with van der Waals surface area (Å²) in [7, 11) is 5.67. The second kappa shape index (κ2) is 4.65. The van der Waals surface area contributed by atoms with Crippen molar-refractivity contribution in [3.05, 3.63) is 36.5 Å². The van der Waals surface area contributed by atoms with Gasteiger partial charge in [-0.15, -0.1) is 0 Å². The van der Waals surface area contributed by atoms with Gasteiger partial charge in [0.25, 0.3) is 0 Å². The Hall–Kier alpha value is -1.31. The fourth-order valence-corrected chi connectivity index (χ4v) is 1.34. The summed E-state index contributed by atoms with van der Waals surface area (Å²) in [6.07, 6.45) is 12.3. The van der Waals surface area contributed by atoms with E-state index < -0.39 is 0 Å². The van der Waals surface area contributed by atoms with E-state index >= 15 is 0 Å². The Morgan fingerprint density at radius 1 is 1.08 bits per heavy atom. The van der Waals surface area contributed by atoms with Crippen molar-refractivity contribution in [1.82, 2.24) is 0 Å². The molecule has 0 aromatic rings. The molecule has 13 heavy (non-hydrogen) atoms. The molecule has 0 amide bonds. The van der Waals surface area contributed by atoms with E-state index in [1.54, 1.807) is 7.11 Å². The summed E-state index contributed by atoms with van der Waals surface area (Å²) in [5, 5.41) is 0. The summed E-state index contributed by atoms with van der Waals surface area (Å²) in [5.41, 5.74) is 0. The predicted octanol–water partition coefficient (Wildman–Crippen LogP) is 1.60. The van der Waals surface area contributed by atoms with Crippen LogP contribution in [0.3, 0.4) is 0 Å². The highest BCUT2D eigenvalue weighted by Gasteiger charge is 2.17. The van der Waals surface area contributed by atoms with Gasteiger partial charge in [-0.05, 0) is 0 Å². The maximum atomic E-state index is 5.32. The van der Waals surface area contributed by atoms with Gasteiger partial charge in [0.1, 0.15) is 20.0 Å². The quantitative estimate of drug-likeness (QED) is 0.337. The average molecular weight is 178 g/mol. The third-order valence-corrected chi connectivity index (χ3v) is 1.91. The van der Waals surface area contributed by atoms with Crippen LogP contribution in [0, 0.1) is 5.92 Å². The number of hydrogen-bond donors (Lipinski definition) is 0. The Kier molecular flexibility index (Phi) is 3.50. The molecule has 1 rings (SSSR count). The van der Waals surface area contributed by atoms with Crippen LogP contribution in [0.2, 0.25) is 0 Å². The molecule has 0 unspecified atom stereocenters. The Bertz CT molecular complexity index is 264. The number of allylic oxidation sites excluding steroid dienone is 4. The lowest BCUT2D eigenvalue weighted by Crippen LogP contribution is -2.22. The van der Waals surface area contributed by atoms with Gasteiger partial charge in [0.2, 0.25) is 0 Å². The molecule has 0 saturated carbocycles. The standard InChI is InChI=1S/C11H16NO/c1-12(2)11(13-3)10-8-6-4-5-7-9-10/h4-10H,1-3H3/q+1. The fraction of sp³-hybridized carbons (Fsp3) is 0.364. The second-order valence-corrected chi connectivity index (χ2v) is 3.12. The third kappa shape index (κ3) is 2.58. The molecule has 0 heterocycles. The SMILES string of the molecule is COC(C1C=CC=CC=C1)=[N+](C)C. The van der Waals surface area contributed by atoms with Gasteiger partial charge in [-0.1, -0.05) is 36.5 Å². The predicted molar refractivity (Wildman–Crippen MR) is 55.0 cm³/mol. The van der Waals surface area contributed by atoms with Crippen LogP contribution in [0.1, 0.15) is 0 Å². The van der Waals surface area contributed by atoms with Gasteiger partial charge in [-0.25, -0.2) is 4.58 Å². The lowest BCUT2D eigenvalue weighted by atomic mass is 10.1. The summed E-state index contributed by atoms with van der Waals surface area (Å²) in [6, 6.07) is 0. The van der Waals surface area contributed by atoms with Crippen LogP contribution >= 0.6 is 0 Å².